The third-order valence-electron chi connectivity index (χ3n) is 4.87. The molecule has 0 radical (unpaired) electrons. The number of nitrogens with zero attached hydrogens (tertiary/aromatic N) is 2. The van der Waals surface area contributed by atoms with Crippen molar-refractivity contribution in [2.75, 3.05) is 20.2 Å². The van der Waals surface area contributed by atoms with Crippen molar-refractivity contribution in [3.8, 4) is 5.88 Å². The normalized spacial score (nSPS) is 22.2. The van der Waals surface area contributed by atoms with Gasteiger partial charge in [0.05, 0.1) is 31.4 Å². The number of hydrogen-bond donors (Lipinski definition) is 0. The summed E-state index contributed by atoms with van der Waals surface area (Å²) in [6.45, 7) is 8.97. The SMILES string of the molecule is COC(=O)N1CC(Oc2ncccc2B2OC(C)(C)C(C)(C)O2)C1. The second-order valence-corrected chi connectivity index (χ2v) is 7.10. The molecule has 1 aromatic heterocycles. The molecule has 2 aliphatic rings. The van der Waals surface area contributed by atoms with E-state index in [9.17, 15) is 4.79 Å². The van der Waals surface area contributed by atoms with Crippen molar-refractivity contribution in [1.82, 2.24) is 9.88 Å². The van der Waals surface area contributed by atoms with Gasteiger partial charge >= 0.3 is 13.2 Å². The van der Waals surface area contributed by atoms with E-state index in [1.165, 1.54) is 7.11 Å². The highest BCUT2D eigenvalue weighted by Gasteiger charge is 2.52. The fraction of sp³-hybridized carbons (Fsp3) is 0.625. The Kier molecular flexibility index (Phi) is 4.21. The summed E-state index contributed by atoms with van der Waals surface area (Å²) in [4.78, 5) is 17.3. The zero-order valence-corrected chi connectivity index (χ0v) is 14.7. The van der Waals surface area contributed by atoms with Gasteiger partial charge in [-0.1, -0.05) is 6.07 Å². The predicted molar refractivity (Wildman–Crippen MR) is 88.3 cm³/mol. The Morgan fingerprint density at radius 1 is 1.29 bits per heavy atom. The van der Waals surface area contributed by atoms with Crippen molar-refractivity contribution in [3.05, 3.63) is 18.3 Å². The first kappa shape index (κ1) is 17.0. The van der Waals surface area contributed by atoms with Gasteiger partial charge in [-0.05, 0) is 33.8 Å². The Bertz CT molecular complexity index is 615. The van der Waals surface area contributed by atoms with Crippen LogP contribution in [0.25, 0.3) is 0 Å². The average molecular weight is 334 g/mol. The Morgan fingerprint density at radius 2 is 1.92 bits per heavy atom. The van der Waals surface area contributed by atoms with Gasteiger partial charge in [0, 0.05) is 11.7 Å². The lowest BCUT2D eigenvalue weighted by Gasteiger charge is -2.37. The van der Waals surface area contributed by atoms with Crippen molar-refractivity contribution in [3.63, 3.8) is 0 Å². The average Bonchev–Trinajstić information content (AvgIpc) is 2.70. The minimum Gasteiger partial charge on any atom is -0.471 e. The Morgan fingerprint density at radius 3 is 2.50 bits per heavy atom. The second-order valence-electron chi connectivity index (χ2n) is 7.10. The lowest BCUT2D eigenvalue weighted by Crippen LogP contribution is -2.56. The number of hydrogen-bond acceptors (Lipinski definition) is 6. The minimum absolute atomic E-state index is 0.111. The van der Waals surface area contributed by atoms with Gasteiger partial charge < -0.3 is 23.7 Å². The van der Waals surface area contributed by atoms with Gasteiger partial charge in [-0.2, -0.15) is 0 Å². The molecule has 2 saturated heterocycles. The number of aromatic nitrogens is 1. The van der Waals surface area contributed by atoms with Crippen LogP contribution in [0.2, 0.25) is 0 Å². The van der Waals surface area contributed by atoms with E-state index in [0.717, 1.165) is 5.46 Å². The van der Waals surface area contributed by atoms with Crippen LogP contribution in [0, 0.1) is 0 Å². The summed E-state index contributed by atoms with van der Waals surface area (Å²) in [6.07, 6.45) is 1.21. The molecule has 2 aliphatic heterocycles. The molecule has 0 spiro atoms. The van der Waals surface area contributed by atoms with E-state index in [4.69, 9.17) is 14.0 Å². The number of carbonyl (C=O) groups excluding carboxylic acids is 1. The van der Waals surface area contributed by atoms with Crippen LogP contribution in [0.5, 0.6) is 5.88 Å². The molecule has 2 fully saturated rings. The number of amides is 1. The number of carbonyl (C=O) groups is 1. The zero-order chi connectivity index (χ0) is 17.5. The molecule has 0 aliphatic carbocycles. The van der Waals surface area contributed by atoms with Gasteiger partial charge in [0.15, 0.2) is 0 Å². The standard InChI is InChI=1S/C16H23BN2O5/c1-15(2)16(3,4)24-17(23-15)12-7-6-8-18-13(12)22-11-9-19(10-11)14(20)21-5/h6-8,11H,9-10H2,1-5H3. The van der Waals surface area contributed by atoms with Crippen LogP contribution in [-0.4, -0.2) is 60.6 Å². The molecule has 1 aromatic rings. The van der Waals surface area contributed by atoms with Gasteiger partial charge in [-0.25, -0.2) is 9.78 Å². The van der Waals surface area contributed by atoms with E-state index in [1.807, 2.05) is 39.8 Å². The van der Waals surface area contributed by atoms with Crippen LogP contribution in [-0.2, 0) is 14.0 Å². The summed E-state index contributed by atoms with van der Waals surface area (Å²) < 4.78 is 22.8. The molecule has 7 nitrogen and oxygen atoms in total. The Hall–Kier alpha value is -1.80. The summed E-state index contributed by atoms with van der Waals surface area (Å²) in [7, 11) is 0.835. The highest BCUT2D eigenvalue weighted by molar-refractivity contribution is 6.63. The highest BCUT2D eigenvalue weighted by Crippen LogP contribution is 2.37. The fourth-order valence-corrected chi connectivity index (χ4v) is 2.60. The molecule has 3 rings (SSSR count). The van der Waals surface area contributed by atoms with Crippen molar-refractivity contribution in [2.24, 2.45) is 0 Å². The molecule has 0 atom stereocenters. The van der Waals surface area contributed by atoms with Gasteiger partial charge in [-0.15, -0.1) is 0 Å². The summed E-state index contributed by atoms with van der Waals surface area (Å²) >= 11 is 0. The van der Waals surface area contributed by atoms with Crippen molar-refractivity contribution < 1.29 is 23.6 Å². The van der Waals surface area contributed by atoms with E-state index in [2.05, 4.69) is 9.72 Å². The maximum Gasteiger partial charge on any atom is 0.500 e. The zero-order valence-electron chi connectivity index (χ0n) is 14.7. The third-order valence-corrected chi connectivity index (χ3v) is 4.87. The van der Waals surface area contributed by atoms with Crippen LogP contribution in [0.15, 0.2) is 18.3 Å². The van der Waals surface area contributed by atoms with E-state index in [1.54, 1.807) is 11.1 Å². The smallest absolute Gasteiger partial charge is 0.471 e. The van der Waals surface area contributed by atoms with E-state index in [-0.39, 0.29) is 12.2 Å². The summed E-state index contributed by atoms with van der Waals surface area (Å²) in [6, 6.07) is 3.72. The number of likely N-dealkylation sites (tertiary alicyclic amines) is 1. The number of pyridine rings is 1. The maximum absolute atomic E-state index is 11.4. The van der Waals surface area contributed by atoms with Gasteiger partial charge in [0.25, 0.3) is 0 Å². The summed E-state index contributed by atoms with van der Waals surface area (Å²) in [5.74, 6) is 0.477. The Balaban J connectivity index is 1.70. The van der Waals surface area contributed by atoms with Crippen LogP contribution < -0.4 is 10.2 Å². The molecule has 3 heterocycles. The van der Waals surface area contributed by atoms with Crippen LogP contribution >= 0.6 is 0 Å². The first-order valence-electron chi connectivity index (χ1n) is 8.03. The largest absolute Gasteiger partial charge is 0.500 e. The van der Waals surface area contributed by atoms with Crippen molar-refractivity contribution in [2.45, 2.75) is 45.0 Å². The molecule has 0 bridgehead atoms. The lowest BCUT2D eigenvalue weighted by atomic mass is 9.79. The second kappa shape index (κ2) is 5.93. The number of rotatable bonds is 3. The molecule has 130 valence electrons. The molecule has 8 heteroatoms. The molecule has 24 heavy (non-hydrogen) atoms. The quantitative estimate of drug-likeness (QED) is 0.774. The predicted octanol–water partition coefficient (Wildman–Crippen LogP) is 1.21. The summed E-state index contributed by atoms with van der Waals surface area (Å²) in [5.41, 5.74) is -0.0982. The maximum atomic E-state index is 11.4. The monoisotopic (exact) mass is 334 g/mol. The number of methoxy groups -OCH3 is 1. The van der Waals surface area contributed by atoms with Crippen LogP contribution in [0.3, 0.4) is 0 Å². The number of ether oxygens (including phenoxy) is 2. The molecule has 1 amide bonds. The van der Waals surface area contributed by atoms with Gasteiger partial charge in [0.1, 0.15) is 6.10 Å². The van der Waals surface area contributed by atoms with E-state index >= 15 is 0 Å². The molecular formula is C16H23BN2O5. The lowest BCUT2D eigenvalue weighted by molar-refractivity contribution is 0.00578. The molecule has 0 N–H and O–H groups in total. The molecule has 0 saturated carbocycles. The fourth-order valence-electron chi connectivity index (χ4n) is 2.60. The van der Waals surface area contributed by atoms with E-state index in [0.29, 0.717) is 19.0 Å². The third kappa shape index (κ3) is 2.96. The van der Waals surface area contributed by atoms with Crippen LogP contribution in [0.1, 0.15) is 27.7 Å². The van der Waals surface area contributed by atoms with Gasteiger partial charge in [-0.3, -0.25) is 0 Å². The minimum atomic E-state index is -0.532. The van der Waals surface area contributed by atoms with Crippen molar-refractivity contribution >= 4 is 18.7 Å². The van der Waals surface area contributed by atoms with E-state index < -0.39 is 18.3 Å². The van der Waals surface area contributed by atoms with Crippen molar-refractivity contribution in [1.29, 1.82) is 0 Å². The summed E-state index contributed by atoms with van der Waals surface area (Å²) in [5, 5.41) is 0. The molecule has 0 unspecified atom stereocenters. The van der Waals surface area contributed by atoms with Gasteiger partial charge in [0.2, 0.25) is 5.88 Å². The highest BCUT2D eigenvalue weighted by atomic mass is 16.7. The Labute approximate surface area is 142 Å². The molecule has 0 aromatic carbocycles. The first-order chi connectivity index (χ1) is 11.2. The van der Waals surface area contributed by atoms with Crippen LogP contribution in [0.4, 0.5) is 4.79 Å². The first-order valence-corrected chi connectivity index (χ1v) is 8.03. The molecular weight excluding hydrogens is 311 g/mol. The topological polar surface area (TPSA) is 70.1 Å².